The van der Waals surface area contributed by atoms with Gasteiger partial charge in [-0.3, -0.25) is 9.59 Å². The molecule has 0 saturated heterocycles. The molecule has 4 rings (SSSR count). The molecule has 6 nitrogen and oxygen atoms in total. The molecule has 8 atom stereocenters. The molecule has 8 unspecified atom stereocenters. The molecule has 30 heavy (non-hydrogen) atoms. The number of aliphatic hydroxyl groups excluding tert-OH is 1. The Kier molecular flexibility index (Phi) is 4.84. The first-order valence-corrected chi connectivity index (χ1v) is 11.0. The van der Waals surface area contributed by atoms with Crippen LogP contribution in [0.3, 0.4) is 0 Å². The number of carbonyl (C=O) groups is 2. The molecule has 7 heteroatoms. The lowest BCUT2D eigenvalue weighted by molar-refractivity contribution is -0.219. The van der Waals surface area contributed by atoms with Crippen LogP contribution < -0.4 is 11.1 Å². The molecule has 0 heterocycles. The third kappa shape index (κ3) is 2.40. The van der Waals surface area contributed by atoms with Gasteiger partial charge in [-0.25, -0.2) is 4.39 Å². The molecular formula is C23H33FN2O4. The maximum atomic E-state index is 17.0. The lowest BCUT2D eigenvalue weighted by Gasteiger charge is -2.62. The van der Waals surface area contributed by atoms with E-state index in [0.29, 0.717) is 19.3 Å². The topological polar surface area (TPSA) is 113 Å². The Morgan fingerprint density at radius 3 is 2.73 bits per heavy atom. The highest BCUT2D eigenvalue weighted by Gasteiger charge is 2.75. The first-order chi connectivity index (χ1) is 14.0. The molecule has 0 bridgehead atoms. The number of carbonyl (C=O) groups excluding carboxylic acids is 2. The summed E-state index contributed by atoms with van der Waals surface area (Å²) in [5.41, 5.74) is 0.531. The summed E-state index contributed by atoms with van der Waals surface area (Å²) in [4.78, 5) is 24.9. The number of halogens is 1. The van der Waals surface area contributed by atoms with E-state index in [1.54, 1.807) is 13.0 Å². The molecule has 4 aliphatic rings. The van der Waals surface area contributed by atoms with Crippen molar-refractivity contribution in [2.75, 3.05) is 13.1 Å². The predicted molar refractivity (Wildman–Crippen MR) is 110 cm³/mol. The van der Waals surface area contributed by atoms with E-state index in [1.165, 1.54) is 12.2 Å². The standard InChI is InChI=1S/C23H33FN2O4/c1-13-10-17-16-5-4-14-11-15(27)6-7-20(14,2)22(16,24)18(28)12-21(17,3)23(13,30)19(29)26-9-8-25/h6-7,11,13,16-18,28,30H,4-5,8-10,12,25H2,1-3H3,(H,26,29). The lowest BCUT2D eigenvalue weighted by atomic mass is 9.44. The van der Waals surface area contributed by atoms with E-state index >= 15 is 4.39 Å². The van der Waals surface area contributed by atoms with Gasteiger partial charge in [-0.2, -0.15) is 0 Å². The summed E-state index contributed by atoms with van der Waals surface area (Å²) in [5.74, 6) is -1.81. The van der Waals surface area contributed by atoms with Gasteiger partial charge in [-0.1, -0.05) is 25.5 Å². The Labute approximate surface area is 176 Å². The van der Waals surface area contributed by atoms with Crippen molar-refractivity contribution in [1.29, 1.82) is 0 Å². The van der Waals surface area contributed by atoms with Crippen LogP contribution in [-0.4, -0.2) is 52.4 Å². The van der Waals surface area contributed by atoms with E-state index in [0.717, 1.165) is 5.57 Å². The third-order valence-electron chi connectivity index (χ3n) is 9.00. The van der Waals surface area contributed by atoms with E-state index in [-0.39, 0.29) is 37.1 Å². The normalized spacial score (nSPS) is 49.7. The highest BCUT2D eigenvalue weighted by molar-refractivity contribution is 6.01. The number of hydrogen-bond acceptors (Lipinski definition) is 5. The Hall–Kier alpha value is -1.57. The van der Waals surface area contributed by atoms with Gasteiger partial charge in [0.25, 0.3) is 5.91 Å². The predicted octanol–water partition coefficient (Wildman–Crippen LogP) is 1.41. The number of ketones is 1. The Morgan fingerprint density at radius 2 is 2.07 bits per heavy atom. The number of nitrogens with one attached hydrogen (secondary N) is 1. The van der Waals surface area contributed by atoms with Crippen LogP contribution in [0.25, 0.3) is 0 Å². The van der Waals surface area contributed by atoms with E-state index < -0.39 is 40.0 Å². The van der Waals surface area contributed by atoms with E-state index in [9.17, 15) is 19.8 Å². The second-order valence-electron chi connectivity index (χ2n) is 10.2. The van der Waals surface area contributed by atoms with Crippen LogP contribution in [-0.2, 0) is 9.59 Å². The third-order valence-corrected chi connectivity index (χ3v) is 9.00. The Balaban J connectivity index is 1.77. The van der Waals surface area contributed by atoms with Crippen molar-refractivity contribution in [2.24, 2.45) is 34.3 Å². The molecule has 4 aliphatic carbocycles. The maximum Gasteiger partial charge on any atom is 0.252 e. The second-order valence-corrected chi connectivity index (χ2v) is 10.2. The number of alkyl halides is 1. The molecule has 1 amide bonds. The first-order valence-electron chi connectivity index (χ1n) is 11.0. The Morgan fingerprint density at radius 1 is 1.37 bits per heavy atom. The quantitative estimate of drug-likeness (QED) is 0.551. The summed E-state index contributed by atoms with van der Waals surface area (Å²) in [6.07, 6.45) is 4.66. The smallest absolute Gasteiger partial charge is 0.252 e. The minimum atomic E-state index is -1.96. The number of allylic oxidation sites excluding steroid dienone is 4. The van der Waals surface area contributed by atoms with Crippen LogP contribution in [0.4, 0.5) is 4.39 Å². The fourth-order valence-corrected chi connectivity index (χ4v) is 7.35. The monoisotopic (exact) mass is 420 g/mol. The number of amides is 1. The Bertz CT molecular complexity index is 843. The highest BCUT2D eigenvalue weighted by atomic mass is 19.1. The first kappa shape index (κ1) is 21.7. The molecule has 0 radical (unpaired) electrons. The summed E-state index contributed by atoms with van der Waals surface area (Å²) in [7, 11) is 0. The molecule has 0 aliphatic heterocycles. The van der Waals surface area contributed by atoms with Crippen molar-refractivity contribution in [3.8, 4) is 0 Å². The van der Waals surface area contributed by atoms with Gasteiger partial charge in [0.1, 0.15) is 0 Å². The summed E-state index contributed by atoms with van der Waals surface area (Å²) >= 11 is 0. The van der Waals surface area contributed by atoms with Gasteiger partial charge in [-0.05, 0) is 56.6 Å². The van der Waals surface area contributed by atoms with E-state index in [1.807, 2.05) is 13.8 Å². The van der Waals surface area contributed by atoms with Gasteiger partial charge in [0.15, 0.2) is 17.1 Å². The van der Waals surface area contributed by atoms with Crippen LogP contribution in [0.15, 0.2) is 23.8 Å². The van der Waals surface area contributed by atoms with Gasteiger partial charge in [0, 0.05) is 29.8 Å². The lowest BCUT2D eigenvalue weighted by Crippen LogP contribution is -2.70. The van der Waals surface area contributed by atoms with Gasteiger partial charge in [0.2, 0.25) is 0 Å². The molecule has 0 aromatic rings. The van der Waals surface area contributed by atoms with Gasteiger partial charge < -0.3 is 21.3 Å². The van der Waals surface area contributed by atoms with Crippen molar-refractivity contribution >= 4 is 11.7 Å². The van der Waals surface area contributed by atoms with Gasteiger partial charge in [-0.15, -0.1) is 0 Å². The number of aliphatic hydroxyl groups is 2. The minimum absolute atomic E-state index is 0.0216. The van der Waals surface area contributed by atoms with Crippen LogP contribution in [0.5, 0.6) is 0 Å². The van der Waals surface area contributed by atoms with Crippen molar-refractivity contribution in [1.82, 2.24) is 5.32 Å². The van der Waals surface area contributed by atoms with Crippen molar-refractivity contribution < 1.29 is 24.2 Å². The molecule has 0 aromatic carbocycles. The molecule has 5 N–H and O–H groups in total. The van der Waals surface area contributed by atoms with Crippen LogP contribution in [0.1, 0.15) is 46.5 Å². The number of nitrogens with two attached hydrogens (primary N) is 1. The van der Waals surface area contributed by atoms with E-state index in [4.69, 9.17) is 5.73 Å². The highest BCUT2D eigenvalue weighted by Crippen LogP contribution is 2.70. The molecular weight excluding hydrogens is 387 g/mol. The fraction of sp³-hybridized carbons (Fsp3) is 0.739. The zero-order valence-electron chi connectivity index (χ0n) is 18.0. The summed E-state index contributed by atoms with van der Waals surface area (Å²) < 4.78 is 17.0. The van der Waals surface area contributed by atoms with E-state index in [2.05, 4.69) is 5.32 Å². The molecule has 3 fully saturated rings. The zero-order valence-corrected chi connectivity index (χ0v) is 18.0. The van der Waals surface area contributed by atoms with Crippen molar-refractivity contribution in [3.63, 3.8) is 0 Å². The molecule has 3 saturated carbocycles. The average Bonchev–Trinajstić information content (AvgIpc) is 2.89. The number of rotatable bonds is 3. The number of fused-ring (bicyclic) bond motifs is 5. The van der Waals surface area contributed by atoms with Crippen molar-refractivity contribution in [2.45, 2.75) is 63.8 Å². The van der Waals surface area contributed by atoms with Crippen LogP contribution in [0, 0.1) is 28.6 Å². The molecule has 0 aromatic heterocycles. The largest absolute Gasteiger partial charge is 0.390 e. The molecule has 166 valence electrons. The minimum Gasteiger partial charge on any atom is -0.390 e. The number of hydrogen-bond donors (Lipinski definition) is 4. The maximum absolute atomic E-state index is 17.0. The van der Waals surface area contributed by atoms with Gasteiger partial charge in [0.05, 0.1) is 6.10 Å². The summed E-state index contributed by atoms with van der Waals surface area (Å²) in [5, 5.41) is 25.6. The van der Waals surface area contributed by atoms with Crippen LogP contribution in [0.2, 0.25) is 0 Å². The van der Waals surface area contributed by atoms with Crippen LogP contribution >= 0.6 is 0 Å². The fourth-order valence-electron chi connectivity index (χ4n) is 7.35. The summed E-state index contributed by atoms with van der Waals surface area (Å²) in [6, 6.07) is 0. The van der Waals surface area contributed by atoms with Gasteiger partial charge >= 0.3 is 0 Å². The average molecular weight is 421 g/mol. The van der Waals surface area contributed by atoms with Crippen molar-refractivity contribution in [3.05, 3.63) is 23.8 Å². The second kappa shape index (κ2) is 6.71. The SMILES string of the molecule is CC1CC2C3CCC4=CC(=O)C=CC4(C)C3(F)C(O)CC2(C)C1(O)C(=O)NCCN. The zero-order chi connectivity index (χ0) is 22.1. The molecule has 0 spiro atoms. The summed E-state index contributed by atoms with van der Waals surface area (Å²) in [6.45, 7) is 5.91.